The molecule has 2 rings (SSSR count). The molecule has 0 aromatic heterocycles. The molecular formula is C35H56ClN5O12. The molecule has 2 unspecified atom stereocenters. The SMILES string of the molecule is CCN=C=NCCCN(C)C.Cl.O=C(O)CCCCCCC(C(=O)OCOC(=O)C(CCCCCCC(=O)O)N1C(=O)CCC1=O)N1C(=O)CCC1=O. The molecule has 0 aliphatic carbocycles. The van der Waals surface area contributed by atoms with Crippen LogP contribution in [0.2, 0.25) is 0 Å². The van der Waals surface area contributed by atoms with Gasteiger partial charge >= 0.3 is 23.9 Å². The van der Waals surface area contributed by atoms with E-state index in [-0.39, 0.29) is 63.8 Å². The summed E-state index contributed by atoms with van der Waals surface area (Å²) in [6.45, 7) is 3.81. The zero-order valence-electron chi connectivity index (χ0n) is 31.1. The van der Waals surface area contributed by atoms with Crippen molar-refractivity contribution in [3.05, 3.63) is 0 Å². The van der Waals surface area contributed by atoms with Gasteiger partial charge in [0, 0.05) is 45.1 Å². The zero-order chi connectivity index (χ0) is 38.9. The van der Waals surface area contributed by atoms with Crippen LogP contribution in [0, 0.1) is 0 Å². The average Bonchev–Trinajstić information content (AvgIpc) is 3.60. The number of unbranched alkanes of at least 4 members (excludes halogenated alkanes) is 6. The van der Waals surface area contributed by atoms with E-state index in [1.165, 1.54) is 0 Å². The van der Waals surface area contributed by atoms with E-state index in [9.17, 15) is 38.4 Å². The lowest BCUT2D eigenvalue weighted by Gasteiger charge is -2.26. The van der Waals surface area contributed by atoms with Crippen molar-refractivity contribution in [2.24, 2.45) is 9.98 Å². The normalized spacial score (nSPS) is 14.9. The van der Waals surface area contributed by atoms with Gasteiger partial charge in [0.2, 0.25) is 30.4 Å². The van der Waals surface area contributed by atoms with Crippen molar-refractivity contribution in [2.75, 3.05) is 40.5 Å². The van der Waals surface area contributed by atoms with Gasteiger partial charge in [-0.25, -0.2) is 19.6 Å². The van der Waals surface area contributed by atoms with E-state index >= 15 is 0 Å². The van der Waals surface area contributed by atoms with Gasteiger partial charge < -0.3 is 24.6 Å². The van der Waals surface area contributed by atoms with Gasteiger partial charge in [0.25, 0.3) is 0 Å². The number of hydrogen-bond acceptors (Lipinski definition) is 13. The van der Waals surface area contributed by atoms with Crippen LogP contribution in [0.15, 0.2) is 9.98 Å². The van der Waals surface area contributed by atoms with Crippen molar-refractivity contribution < 1.29 is 58.0 Å². The lowest BCUT2D eigenvalue weighted by Crippen LogP contribution is -2.47. The predicted octanol–water partition coefficient (Wildman–Crippen LogP) is 3.47. The number of aliphatic imine (C=N–C) groups is 2. The van der Waals surface area contributed by atoms with Gasteiger partial charge in [0.1, 0.15) is 12.1 Å². The molecule has 2 fully saturated rings. The molecule has 17 nitrogen and oxygen atoms in total. The number of carbonyl (C=O) groups excluding carboxylic acids is 6. The van der Waals surface area contributed by atoms with Crippen LogP contribution in [0.1, 0.15) is 116 Å². The molecule has 2 aliphatic heterocycles. The number of carboxylic acid groups (broad SMARTS) is 2. The van der Waals surface area contributed by atoms with Gasteiger partial charge in [-0.05, 0) is 59.7 Å². The second-order valence-corrected chi connectivity index (χ2v) is 12.7. The van der Waals surface area contributed by atoms with Crippen molar-refractivity contribution in [1.29, 1.82) is 0 Å². The topological polar surface area (TPSA) is 230 Å². The minimum absolute atomic E-state index is 0. The molecule has 0 radical (unpaired) electrons. The first kappa shape index (κ1) is 48.8. The monoisotopic (exact) mass is 773 g/mol. The van der Waals surface area contributed by atoms with Crippen LogP contribution in [-0.2, 0) is 47.8 Å². The number of carbonyl (C=O) groups is 8. The fourth-order valence-electron chi connectivity index (χ4n) is 5.50. The molecule has 0 aromatic rings. The Kier molecular flexibility index (Phi) is 26.1. The molecule has 0 saturated carbocycles. The fourth-order valence-corrected chi connectivity index (χ4v) is 5.50. The maximum absolute atomic E-state index is 12.9. The molecule has 2 atom stereocenters. The molecule has 0 aromatic carbocycles. The summed E-state index contributed by atoms with van der Waals surface area (Å²) in [6.07, 6.45) is 5.21. The second-order valence-electron chi connectivity index (χ2n) is 12.7. The van der Waals surface area contributed by atoms with Gasteiger partial charge in [-0.3, -0.25) is 38.6 Å². The molecule has 4 amide bonds. The first-order valence-electron chi connectivity index (χ1n) is 18.0. The molecule has 2 N–H and O–H groups in total. The average molecular weight is 774 g/mol. The van der Waals surface area contributed by atoms with E-state index < -0.39 is 66.4 Å². The smallest absolute Gasteiger partial charge is 0.332 e. The molecule has 0 spiro atoms. The van der Waals surface area contributed by atoms with Gasteiger partial charge in [-0.15, -0.1) is 12.4 Å². The van der Waals surface area contributed by atoms with Gasteiger partial charge in [0.05, 0.1) is 12.6 Å². The van der Waals surface area contributed by atoms with Gasteiger partial charge in [-0.2, -0.15) is 0 Å². The number of esters is 2. The summed E-state index contributed by atoms with van der Waals surface area (Å²) in [7, 11) is 4.12. The third kappa shape index (κ3) is 20.6. The molecule has 300 valence electrons. The Morgan fingerprint density at radius 3 is 1.43 bits per heavy atom. The van der Waals surface area contributed by atoms with Crippen molar-refractivity contribution in [2.45, 2.75) is 128 Å². The van der Waals surface area contributed by atoms with Crippen LogP contribution in [0.25, 0.3) is 0 Å². The number of ether oxygens (including phenoxy) is 2. The fraction of sp³-hybridized carbons (Fsp3) is 0.743. The lowest BCUT2D eigenvalue weighted by atomic mass is 10.0. The Morgan fingerprint density at radius 1 is 0.679 bits per heavy atom. The predicted molar refractivity (Wildman–Crippen MR) is 193 cm³/mol. The summed E-state index contributed by atoms with van der Waals surface area (Å²) in [5.41, 5.74) is 0. The quantitative estimate of drug-likeness (QED) is 0.0446. The van der Waals surface area contributed by atoms with Crippen molar-refractivity contribution in [3.8, 4) is 0 Å². The molecular weight excluding hydrogens is 718 g/mol. The molecule has 0 bridgehead atoms. The number of likely N-dealkylation sites (tertiary alicyclic amines) is 2. The molecule has 2 saturated heterocycles. The van der Waals surface area contributed by atoms with Gasteiger partial charge in [0.15, 0.2) is 0 Å². The highest BCUT2D eigenvalue weighted by Crippen LogP contribution is 2.23. The van der Waals surface area contributed by atoms with Crippen LogP contribution in [0.3, 0.4) is 0 Å². The summed E-state index contributed by atoms with van der Waals surface area (Å²) in [6, 6.07) is 0.194. The molecule has 2 aliphatic rings. The lowest BCUT2D eigenvalue weighted by molar-refractivity contribution is -0.178. The highest BCUT2D eigenvalue weighted by atomic mass is 35.5. The Morgan fingerprint density at radius 2 is 1.08 bits per heavy atom. The summed E-state index contributed by atoms with van der Waals surface area (Å²) in [5, 5.41) is 17.5. The number of carboxylic acids is 2. The summed E-state index contributed by atoms with van der Waals surface area (Å²) < 4.78 is 10.2. The van der Waals surface area contributed by atoms with Crippen LogP contribution in [-0.4, -0.2) is 131 Å². The Labute approximate surface area is 316 Å². The van der Waals surface area contributed by atoms with E-state index in [0.29, 0.717) is 51.4 Å². The number of rotatable bonds is 25. The Bertz CT molecular complexity index is 1180. The summed E-state index contributed by atoms with van der Waals surface area (Å²) in [4.78, 5) is 108. The van der Waals surface area contributed by atoms with Gasteiger partial charge in [-0.1, -0.05) is 38.5 Å². The number of aliphatic carboxylic acids is 2. The van der Waals surface area contributed by atoms with E-state index in [1.807, 2.05) is 6.92 Å². The number of amides is 4. The second kappa shape index (κ2) is 28.3. The Balaban J connectivity index is 0.00000194. The minimum Gasteiger partial charge on any atom is -0.481 e. The molecule has 18 heteroatoms. The van der Waals surface area contributed by atoms with Crippen molar-refractivity contribution in [1.82, 2.24) is 14.7 Å². The van der Waals surface area contributed by atoms with E-state index in [0.717, 1.165) is 35.9 Å². The number of nitrogens with zero attached hydrogens (tertiary/aromatic N) is 5. The summed E-state index contributed by atoms with van der Waals surface area (Å²) in [5.74, 6) is -5.80. The first-order valence-corrected chi connectivity index (χ1v) is 18.0. The third-order valence-electron chi connectivity index (χ3n) is 8.16. The van der Waals surface area contributed by atoms with Crippen LogP contribution >= 0.6 is 12.4 Å². The minimum atomic E-state index is -1.22. The molecule has 2 heterocycles. The van der Waals surface area contributed by atoms with E-state index in [2.05, 4.69) is 35.0 Å². The first-order chi connectivity index (χ1) is 24.8. The van der Waals surface area contributed by atoms with E-state index in [4.69, 9.17) is 19.7 Å². The third-order valence-corrected chi connectivity index (χ3v) is 8.16. The standard InChI is InChI=1S/C27H38N2O12.C8H17N3.ClH/c30-20-13-14-21(31)28(20)18(9-5-1-3-7-11-24(34)35)26(38)40-17-41-27(39)19(29-22(32)15-16-23(29)33)10-6-2-4-8-12-25(36)37;1-4-9-8-10-6-5-7-11(2)3;/h18-19H,1-17H2,(H,34,35)(H,36,37);4-7H2,1-3H3;1H. The highest BCUT2D eigenvalue weighted by molar-refractivity contribution is 6.05. The number of halogens is 1. The molecule has 53 heavy (non-hydrogen) atoms. The largest absolute Gasteiger partial charge is 0.481 e. The highest BCUT2D eigenvalue weighted by Gasteiger charge is 2.41. The summed E-state index contributed by atoms with van der Waals surface area (Å²) >= 11 is 0. The van der Waals surface area contributed by atoms with Crippen molar-refractivity contribution in [3.63, 3.8) is 0 Å². The van der Waals surface area contributed by atoms with Crippen LogP contribution in [0.4, 0.5) is 0 Å². The zero-order valence-corrected chi connectivity index (χ0v) is 31.9. The van der Waals surface area contributed by atoms with Crippen LogP contribution in [0.5, 0.6) is 0 Å². The van der Waals surface area contributed by atoms with Crippen molar-refractivity contribution >= 4 is 65.9 Å². The van der Waals surface area contributed by atoms with E-state index in [1.54, 1.807) is 0 Å². The number of hydrogen-bond donors (Lipinski definition) is 2. The Hall–Kier alpha value is -4.21. The number of imide groups is 2. The maximum atomic E-state index is 12.9. The maximum Gasteiger partial charge on any atom is 0.332 e. The van der Waals surface area contributed by atoms with Crippen LogP contribution < -0.4 is 0 Å².